The zero-order valence-corrected chi connectivity index (χ0v) is 19.3. The molecule has 2 aliphatic heterocycles. The molecule has 2 aliphatic rings. The summed E-state index contributed by atoms with van der Waals surface area (Å²) in [6, 6.07) is 16.7. The first-order chi connectivity index (χ1) is 15.9. The highest BCUT2D eigenvalue weighted by molar-refractivity contribution is 6.34. The number of anilines is 2. The molecular formula is C26H23ClN2O4. The van der Waals surface area contributed by atoms with Crippen LogP contribution in [0.25, 0.3) is 0 Å². The summed E-state index contributed by atoms with van der Waals surface area (Å²) in [7, 11) is 0. The molecule has 3 aromatic carbocycles. The molecule has 1 amide bonds. The summed E-state index contributed by atoms with van der Waals surface area (Å²) in [6.07, 6.45) is 0. The van der Waals surface area contributed by atoms with Gasteiger partial charge in [0.2, 0.25) is 5.91 Å². The third kappa shape index (κ3) is 3.16. The first-order valence-corrected chi connectivity index (χ1v) is 11.3. The van der Waals surface area contributed by atoms with Crippen LogP contribution in [0.15, 0.2) is 54.6 Å². The average Bonchev–Trinajstić information content (AvgIpc) is 3.09. The monoisotopic (exact) mass is 462 g/mol. The van der Waals surface area contributed by atoms with Crippen molar-refractivity contribution in [2.24, 2.45) is 0 Å². The Morgan fingerprint density at radius 3 is 2.45 bits per heavy atom. The molecule has 6 nitrogen and oxygen atoms in total. The van der Waals surface area contributed by atoms with Crippen LogP contribution in [0.5, 0.6) is 11.5 Å². The predicted molar refractivity (Wildman–Crippen MR) is 128 cm³/mol. The molecular weight excluding hydrogens is 440 g/mol. The Bertz CT molecular complexity index is 1300. The molecule has 0 aliphatic carbocycles. The van der Waals surface area contributed by atoms with Gasteiger partial charge in [0.05, 0.1) is 16.3 Å². The van der Waals surface area contributed by atoms with E-state index >= 15 is 0 Å². The van der Waals surface area contributed by atoms with Gasteiger partial charge in [0.25, 0.3) is 0 Å². The van der Waals surface area contributed by atoms with E-state index in [1.807, 2.05) is 36.4 Å². The number of nitrogens with one attached hydrogen (secondary N) is 1. The van der Waals surface area contributed by atoms with E-state index in [4.69, 9.17) is 21.1 Å². The molecule has 0 aromatic heterocycles. The number of ether oxygens (including phenoxy) is 2. The number of rotatable bonds is 4. The molecule has 0 radical (unpaired) electrons. The number of benzene rings is 3. The first-order valence-electron chi connectivity index (χ1n) is 10.9. The minimum atomic E-state index is -1.21. The molecule has 3 aromatic rings. The van der Waals surface area contributed by atoms with Crippen LogP contribution >= 0.6 is 11.6 Å². The molecule has 168 valence electrons. The molecule has 0 bridgehead atoms. The van der Waals surface area contributed by atoms with Gasteiger partial charge in [0.1, 0.15) is 11.5 Å². The van der Waals surface area contributed by atoms with E-state index in [9.17, 15) is 9.59 Å². The Morgan fingerprint density at radius 1 is 1.00 bits per heavy atom. The van der Waals surface area contributed by atoms with Crippen molar-refractivity contribution in [3.05, 3.63) is 81.9 Å². The second kappa shape index (κ2) is 7.81. The number of halogens is 1. The zero-order valence-electron chi connectivity index (χ0n) is 18.6. The van der Waals surface area contributed by atoms with Crippen LogP contribution < -0.4 is 15.0 Å². The van der Waals surface area contributed by atoms with Crippen molar-refractivity contribution in [2.75, 3.05) is 23.3 Å². The molecule has 1 spiro atoms. The lowest BCUT2D eigenvalue weighted by Gasteiger charge is -2.37. The lowest BCUT2D eigenvalue weighted by molar-refractivity contribution is -0.114. The van der Waals surface area contributed by atoms with Gasteiger partial charge >= 0.3 is 5.97 Å². The lowest BCUT2D eigenvalue weighted by Crippen LogP contribution is -2.33. The predicted octanol–water partition coefficient (Wildman–Crippen LogP) is 5.71. The van der Waals surface area contributed by atoms with Gasteiger partial charge in [-0.1, -0.05) is 29.8 Å². The molecule has 0 saturated heterocycles. The van der Waals surface area contributed by atoms with Crippen molar-refractivity contribution in [3.8, 4) is 11.5 Å². The number of fused-ring (bicyclic) bond motifs is 6. The van der Waals surface area contributed by atoms with Crippen molar-refractivity contribution < 1.29 is 19.1 Å². The van der Waals surface area contributed by atoms with Gasteiger partial charge < -0.3 is 19.7 Å². The van der Waals surface area contributed by atoms with Gasteiger partial charge in [-0.05, 0) is 38.1 Å². The maximum atomic E-state index is 13.0. The molecule has 1 N–H and O–H groups in total. The molecule has 1 atom stereocenters. The molecule has 33 heavy (non-hydrogen) atoms. The van der Waals surface area contributed by atoms with Crippen LogP contribution in [-0.4, -0.2) is 25.0 Å². The fourth-order valence-electron chi connectivity index (χ4n) is 4.75. The van der Waals surface area contributed by atoms with Crippen LogP contribution in [0.1, 0.15) is 47.8 Å². The minimum Gasteiger partial charge on any atom is -0.456 e. The first kappa shape index (κ1) is 21.3. The summed E-state index contributed by atoms with van der Waals surface area (Å²) in [5.74, 6) is 0.409. The van der Waals surface area contributed by atoms with E-state index in [2.05, 4.69) is 24.1 Å². The van der Waals surface area contributed by atoms with Gasteiger partial charge in [-0.25, -0.2) is 4.79 Å². The van der Waals surface area contributed by atoms with E-state index in [0.717, 1.165) is 29.9 Å². The van der Waals surface area contributed by atoms with Crippen molar-refractivity contribution in [2.45, 2.75) is 26.4 Å². The van der Waals surface area contributed by atoms with Crippen molar-refractivity contribution in [1.29, 1.82) is 0 Å². The van der Waals surface area contributed by atoms with Crippen molar-refractivity contribution in [1.82, 2.24) is 0 Å². The molecule has 0 fully saturated rings. The van der Waals surface area contributed by atoms with E-state index in [-0.39, 0.29) is 5.91 Å². The molecule has 0 saturated carbocycles. The highest BCUT2D eigenvalue weighted by Gasteiger charge is 2.53. The fraction of sp³-hybridized carbons (Fsp3) is 0.231. The highest BCUT2D eigenvalue weighted by atomic mass is 35.5. The summed E-state index contributed by atoms with van der Waals surface area (Å²) < 4.78 is 12.5. The van der Waals surface area contributed by atoms with E-state index in [1.165, 1.54) is 6.92 Å². The number of nitrogens with zero attached hydrogens (tertiary/aromatic N) is 1. The minimum absolute atomic E-state index is 0.254. The summed E-state index contributed by atoms with van der Waals surface area (Å²) in [5, 5.41) is 3.09. The average molecular weight is 463 g/mol. The maximum absolute atomic E-state index is 13.0. The molecule has 2 heterocycles. The summed E-state index contributed by atoms with van der Waals surface area (Å²) in [6.45, 7) is 7.30. The normalized spacial score (nSPS) is 17.5. The number of esters is 1. The number of hydrogen-bond donors (Lipinski definition) is 1. The van der Waals surface area contributed by atoms with E-state index in [1.54, 1.807) is 18.2 Å². The Balaban J connectivity index is 1.80. The standard InChI is InChI=1S/C26H23ClN2O4/c1-4-29(5-2)16-10-11-19-23(12-16)32-24-14-21(27)22(28-15(3)30)13-20(24)26(19)18-9-7-6-8-17(18)25(31)33-26/h6-14H,4-5H2,1-3H3,(H,28,30). The second-order valence-electron chi connectivity index (χ2n) is 8.08. The largest absolute Gasteiger partial charge is 0.456 e. The number of carbonyl (C=O) groups is 2. The molecule has 1 unspecified atom stereocenters. The third-order valence-electron chi connectivity index (χ3n) is 6.22. The van der Waals surface area contributed by atoms with Gasteiger partial charge in [0, 0.05) is 54.5 Å². The van der Waals surface area contributed by atoms with Gasteiger partial charge in [-0.2, -0.15) is 0 Å². The smallest absolute Gasteiger partial charge is 0.340 e. The fourth-order valence-corrected chi connectivity index (χ4v) is 4.95. The summed E-state index contributed by atoms with van der Waals surface area (Å²) in [4.78, 5) is 27.0. The summed E-state index contributed by atoms with van der Waals surface area (Å²) in [5.41, 5.74) is 2.78. The van der Waals surface area contributed by atoms with Crippen LogP contribution in [0, 0.1) is 0 Å². The van der Waals surface area contributed by atoms with E-state index in [0.29, 0.717) is 33.3 Å². The van der Waals surface area contributed by atoms with E-state index < -0.39 is 11.6 Å². The van der Waals surface area contributed by atoms with Crippen molar-refractivity contribution in [3.63, 3.8) is 0 Å². The van der Waals surface area contributed by atoms with Crippen LogP contribution in [0.4, 0.5) is 11.4 Å². The summed E-state index contributed by atoms with van der Waals surface area (Å²) >= 11 is 6.47. The van der Waals surface area contributed by atoms with Gasteiger partial charge in [-0.15, -0.1) is 0 Å². The highest BCUT2D eigenvalue weighted by Crippen LogP contribution is 2.57. The van der Waals surface area contributed by atoms with Crippen molar-refractivity contribution >= 4 is 34.9 Å². The lowest BCUT2D eigenvalue weighted by atomic mass is 9.77. The second-order valence-corrected chi connectivity index (χ2v) is 8.49. The Labute approximate surface area is 197 Å². The third-order valence-corrected chi connectivity index (χ3v) is 6.54. The topological polar surface area (TPSA) is 67.9 Å². The quantitative estimate of drug-likeness (QED) is 0.503. The van der Waals surface area contributed by atoms with Crippen LogP contribution in [-0.2, 0) is 15.1 Å². The van der Waals surface area contributed by atoms with Gasteiger partial charge in [-0.3, -0.25) is 4.79 Å². The SMILES string of the molecule is CCN(CC)c1ccc2c(c1)Oc1cc(Cl)c(NC(C)=O)cc1C21OC(=O)c2ccccc21. The zero-order chi connectivity index (χ0) is 23.3. The molecule has 7 heteroatoms. The molecule has 5 rings (SSSR count). The maximum Gasteiger partial charge on any atom is 0.340 e. The number of amides is 1. The number of carbonyl (C=O) groups excluding carboxylic acids is 2. The van der Waals surface area contributed by atoms with Gasteiger partial charge in [0.15, 0.2) is 5.60 Å². The Morgan fingerprint density at radius 2 is 1.73 bits per heavy atom. The Kier molecular flexibility index (Phi) is 5.05. The van der Waals surface area contributed by atoms with Crippen LogP contribution in [0.2, 0.25) is 5.02 Å². The number of hydrogen-bond acceptors (Lipinski definition) is 5. The van der Waals surface area contributed by atoms with Crippen LogP contribution in [0.3, 0.4) is 0 Å². The Hall–Kier alpha value is -3.51.